The van der Waals surface area contributed by atoms with Crippen LogP contribution in [0.1, 0.15) is 12.8 Å². The zero-order valence-corrected chi connectivity index (χ0v) is 12.7. The Labute approximate surface area is 121 Å². The van der Waals surface area contributed by atoms with Crippen molar-refractivity contribution in [3.8, 4) is 0 Å². The minimum Gasteiger partial charge on any atom is -0.369 e. The number of benzene rings is 1. The minimum absolute atomic E-state index is 0.174. The van der Waals surface area contributed by atoms with Gasteiger partial charge in [0.05, 0.1) is 10.8 Å². The summed E-state index contributed by atoms with van der Waals surface area (Å²) in [6.45, 7) is 0.607. The summed E-state index contributed by atoms with van der Waals surface area (Å²) in [7, 11) is -3.54. The Kier molecular flexibility index (Phi) is 4.27. The average molecular weight is 347 g/mol. The number of hydrogen-bond acceptors (Lipinski definition) is 3. The van der Waals surface area contributed by atoms with E-state index < -0.39 is 15.9 Å². The van der Waals surface area contributed by atoms with Gasteiger partial charge in [-0.15, -0.1) is 0 Å². The lowest BCUT2D eigenvalue weighted by Gasteiger charge is -2.30. The van der Waals surface area contributed by atoms with Crippen molar-refractivity contribution in [2.45, 2.75) is 17.7 Å². The van der Waals surface area contributed by atoms with Gasteiger partial charge in [0.2, 0.25) is 15.9 Å². The lowest BCUT2D eigenvalue weighted by atomic mass is 9.99. The third kappa shape index (κ3) is 3.16. The van der Waals surface area contributed by atoms with Gasteiger partial charge in [-0.25, -0.2) is 8.42 Å². The van der Waals surface area contributed by atoms with Crippen molar-refractivity contribution in [3.05, 3.63) is 28.7 Å². The number of carbonyl (C=O) groups is 1. The highest BCUT2D eigenvalue weighted by Gasteiger charge is 2.32. The minimum atomic E-state index is -3.54. The molecular weight excluding hydrogens is 332 g/mol. The van der Waals surface area contributed by atoms with Crippen molar-refractivity contribution in [1.82, 2.24) is 4.31 Å². The first-order chi connectivity index (χ1) is 8.91. The first kappa shape index (κ1) is 14.5. The van der Waals surface area contributed by atoms with Gasteiger partial charge in [-0.3, -0.25) is 4.79 Å². The second kappa shape index (κ2) is 5.60. The van der Waals surface area contributed by atoms with E-state index >= 15 is 0 Å². The number of rotatable bonds is 3. The Morgan fingerprint density at radius 3 is 2.53 bits per heavy atom. The maximum Gasteiger partial charge on any atom is 0.243 e. The predicted molar refractivity (Wildman–Crippen MR) is 74.8 cm³/mol. The van der Waals surface area contributed by atoms with E-state index in [0.29, 0.717) is 19.4 Å². The Morgan fingerprint density at radius 2 is 1.95 bits per heavy atom. The molecule has 19 heavy (non-hydrogen) atoms. The lowest BCUT2D eigenvalue weighted by molar-refractivity contribution is -0.122. The van der Waals surface area contributed by atoms with Crippen molar-refractivity contribution in [1.29, 1.82) is 0 Å². The van der Waals surface area contributed by atoms with Crippen LogP contribution in [0.2, 0.25) is 0 Å². The van der Waals surface area contributed by atoms with Gasteiger partial charge in [-0.2, -0.15) is 4.31 Å². The molecule has 0 saturated carbocycles. The van der Waals surface area contributed by atoms with E-state index in [-0.39, 0.29) is 17.4 Å². The van der Waals surface area contributed by atoms with Crippen LogP contribution in [0.3, 0.4) is 0 Å². The van der Waals surface area contributed by atoms with Gasteiger partial charge < -0.3 is 5.73 Å². The summed E-state index contributed by atoms with van der Waals surface area (Å²) in [4.78, 5) is 11.4. The molecule has 1 fully saturated rings. The molecular formula is C12H15BrN2O3S. The summed E-state index contributed by atoms with van der Waals surface area (Å²) < 4.78 is 27.0. The highest BCUT2D eigenvalue weighted by Crippen LogP contribution is 2.24. The number of primary amides is 1. The van der Waals surface area contributed by atoms with Crippen LogP contribution in [-0.2, 0) is 14.8 Å². The van der Waals surface area contributed by atoms with Crippen LogP contribution in [0.15, 0.2) is 33.6 Å². The van der Waals surface area contributed by atoms with E-state index in [2.05, 4.69) is 15.9 Å². The van der Waals surface area contributed by atoms with E-state index in [4.69, 9.17) is 5.73 Å². The van der Waals surface area contributed by atoms with E-state index in [1.165, 1.54) is 4.31 Å². The molecule has 0 spiro atoms. The van der Waals surface area contributed by atoms with Gasteiger partial charge >= 0.3 is 0 Å². The van der Waals surface area contributed by atoms with Gasteiger partial charge in [0.1, 0.15) is 0 Å². The van der Waals surface area contributed by atoms with Crippen molar-refractivity contribution in [2.75, 3.05) is 13.1 Å². The molecule has 1 aromatic carbocycles. The first-order valence-corrected chi connectivity index (χ1v) is 8.19. The van der Waals surface area contributed by atoms with Crippen LogP contribution in [0.5, 0.6) is 0 Å². The van der Waals surface area contributed by atoms with Crippen LogP contribution in [0, 0.1) is 5.92 Å². The SMILES string of the molecule is NC(=O)[C@H]1CCCN(S(=O)(=O)c2ccc(Br)cc2)C1. The molecule has 1 aliphatic heterocycles. The van der Waals surface area contributed by atoms with Gasteiger partial charge in [0.25, 0.3) is 0 Å². The van der Waals surface area contributed by atoms with Crippen molar-refractivity contribution >= 4 is 31.9 Å². The fraction of sp³-hybridized carbons (Fsp3) is 0.417. The quantitative estimate of drug-likeness (QED) is 0.896. The molecule has 0 radical (unpaired) electrons. The maximum atomic E-state index is 12.4. The first-order valence-electron chi connectivity index (χ1n) is 5.96. The summed E-state index contributed by atoms with van der Waals surface area (Å²) in [5, 5.41) is 0. The summed E-state index contributed by atoms with van der Waals surface area (Å²) in [5.74, 6) is -0.824. The highest BCUT2D eigenvalue weighted by molar-refractivity contribution is 9.10. The number of halogens is 1. The second-order valence-corrected chi connectivity index (χ2v) is 7.41. The van der Waals surface area contributed by atoms with E-state index in [0.717, 1.165) is 4.47 Å². The molecule has 0 aliphatic carbocycles. The van der Waals surface area contributed by atoms with Crippen LogP contribution < -0.4 is 5.73 Å². The molecule has 1 amide bonds. The van der Waals surface area contributed by atoms with E-state index in [1.807, 2.05) is 0 Å². The number of nitrogens with zero attached hydrogens (tertiary/aromatic N) is 1. The number of sulfonamides is 1. The lowest BCUT2D eigenvalue weighted by Crippen LogP contribution is -2.43. The standard InChI is InChI=1S/C12H15BrN2O3S/c13-10-3-5-11(6-4-10)19(17,18)15-7-1-2-9(8-15)12(14)16/h3-6,9H,1-2,7-8H2,(H2,14,16)/t9-/m0/s1. The van der Waals surface area contributed by atoms with Crippen molar-refractivity contribution in [3.63, 3.8) is 0 Å². The molecule has 2 N–H and O–H groups in total. The Bertz CT molecular complexity index is 571. The van der Waals surface area contributed by atoms with Gasteiger partial charge in [0, 0.05) is 17.6 Å². The molecule has 2 rings (SSSR count). The molecule has 0 aromatic heterocycles. The largest absolute Gasteiger partial charge is 0.369 e. The van der Waals surface area contributed by atoms with Crippen LogP contribution in [0.25, 0.3) is 0 Å². The zero-order chi connectivity index (χ0) is 14.0. The fourth-order valence-electron chi connectivity index (χ4n) is 2.15. The fourth-order valence-corrected chi connectivity index (χ4v) is 3.94. The molecule has 104 valence electrons. The monoisotopic (exact) mass is 346 g/mol. The normalized spacial score (nSPS) is 21.2. The number of amides is 1. The molecule has 1 atom stereocenters. The molecule has 0 bridgehead atoms. The summed E-state index contributed by atoms with van der Waals surface area (Å²) in [6.07, 6.45) is 1.31. The van der Waals surface area contributed by atoms with Crippen LogP contribution >= 0.6 is 15.9 Å². The van der Waals surface area contributed by atoms with Gasteiger partial charge in [0.15, 0.2) is 0 Å². The van der Waals surface area contributed by atoms with Gasteiger partial charge in [-0.05, 0) is 37.1 Å². The molecule has 1 saturated heterocycles. The zero-order valence-electron chi connectivity index (χ0n) is 10.3. The Balaban J connectivity index is 2.24. The summed E-state index contributed by atoms with van der Waals surface area (Å²) >= 11 is 3.27. The Morgan fingerprint density at radius 1 is 1.32 bits per heavy atom. The average Bonchev–Trinajstić information content (AvgIpc) is 2.39. The molecule has 1 aliphatic rings. The maximum absolute atomic E-state index is 12.4. The van der Waals surface area contributed by atoms with E-state index in [9.17, 15) is 13.2 Å². The molecule has 7 heteroatoms. The molecule has 1 aromatic rings. The van der Waals surface area contributed by atoms with Crippen molar-refractivity contribution in [2.24, 2.45) is 11.7 Å². The molecule has 1 heterocycles. The molecule has 0 unspecified atom stereocenters. The predicted octanol–water partition coefficient (Wildman–Crippen LogP) is 1.34. The number of nitrogens with two attached hydrogens (primary N) is 1. The Hall–Kier alpha value is -0.920. The van der Waals surface area contributed by atoms with E-state index in [1.54, 1.807) is 24.3 Å². The van der Waals surface area contributed by atoms with Crippen molar-refractivity contribution < 1.29 is 13.2 Å². The number of piperidine rings is 1. The smallest absolute Gasteiger partial charge is 0.243 e. The molecule has 5 nitrogen and oxygen atoms in total. The summed E-state index contributed by atoms with van der Waals surface area (Å²) in [5.41, 5.74) is 5.26. The topological polar surface area (TPSA) is 80.5 Å². The third-order valence-corrected chi connectivity index (χ3v) is 5.65. The van der Waals surface area contributed by atoms with Crippen LogP contribution in [-0.4, -0.2) is 31.7 Å². The summed E-state index contributed by atoms with van der Waals surface area (Å²) in [6, 6.07) is 6.46. The van der Waals surface area contributed by atoms with Gasteiger partial charge in [-0.1, -0.05) is 15.9 Å². The second-order valence-electron chi connectivity index (χ2n) is 4.56. The van der Waals surface area contributed by atoms with Crippen LogP contribution in [0.4, 0.5) is 0 Å². The number of hydrogen-bond donors (Lipinski definition) is 1. The number of carbonyl (C=O) groups excluding carboxylic acids is 1. The highest BCUT2D eigenvalue weighted by atomic mass is 79.9. The third-order valence-electron chi connectivity index (χ3n) is 3.24.